The molecule has 0 radical (unpaired) electrons. The van der Waals surface area contributed by atoms with Gasteiger partial charge in [0, 0.05) is 21.6 Å². The Balaban J connectivity index is 0.00000176. The number of hydrogen-bond acceptors (Lipinski definition) is 4. The number of anilines is 1. The number of hydrogen-bond donors (Lipinski definition) is 2. The summed E-state index contributed by atoms with van der Waals surface area (Å²) in [5.41, 5.74) is 7.17. The number of nitrogens with two attached hydrogens (primary N) is 1. The number of azo groups is 1. The van der Waals surface area contributed by atoms with Gasteiger partial charge in [0.05, 0.1) is 5.11 Å². The zero-order valence-corrected chi connectivity index (χ0v) is 15.0. The minimum Gasteiger partial charge on any atom is -1.00 e. The lowest BCUT2D eigenvalue weighted by molar-refractivity contribution is -0.375. The number of H-pyrrole nitrogens is 2. The average Bonchev–Trinajstić information content (AvgIpc) is 3.02. The largest absolute Gasteiger partial charge is 1.00 e. The fourth-order valence-electron chi connectivity index (χ4n) is 2.06. The summed E-state index contributed by atoms with van der Waals surface area (Å²) in [7, 11) is 0. The van der Waals surface area contributed by atoms with Crippen LogP contribution >= 0.6 is 11.3 Å². The van der Waals surface area contributed by atoms with Crippen LogP contribution in [0.1, 0.15) is 26.5 Å². The monoisotopic (exact) mass is 379 g/mol. The molecule has 0 atom stereocenters. The first-order chi connectivity index (χ1) is 9.95. The summed E-state index contributed by atoms with van der Waals surface area (Å²) in [4.78, 5) is 6.36. The van der Waals surface area contributed by atoms with Crippen LogP contribution in [0, 0.1) is 0 Å². The molecule has 5 nitrogen and oxygen atoms in total. The Morgan fingerprint density at radius 2 is 1.82 bits per heavy atom. The van der Waals surface area contributed by atoms with Gasteiger partial charge in [-0.15, -0.1) is 0 Å². The van der Waals surface area contributed by atoms with Gasteiger partial charge in [-0.25, -0.2) is 4.98 Å². The van der Waals surface area contributed by atoms with Crippen molar-refractivity contribution < 1.29 is 22.0 Å². The van der Waals surface area contributed by atoms with Crippen LogP contribution in [0.5, 0.6) is 0 Å². The SMILES string of the molecule is CC(C)(C)c1csc(/N=N/c2[nH]c(N)c3ccccc23)[nH+]1.[Br-]. The first-order valence-electron chi connectivity index (χ1n) is 6.74. The number of fused-ring (bicyclic) bond motifs is 1. The van der Waals surface area contributed by atoms with Crippen molar-refractivity contribution in [1.82, 2.24) is 4.98 Å². The number of thiazole rings is 1. The molecule has 3 rings (SSSR count). The van der Waals surface area contributed by atoms with Crippen molar-refractivity contribution in [2.45, 2.75) is 26.2 Å². The minimum atomic E-state index is 0. The molecule has 3 aromatic rings. The molecule has 7 heteroatoms. The fourth-order valence-corrected chi connectivity index (χ4v) is 2.96. The quantitative estimate of drug-likeness (QED) is 0.647. The fraction of sp³-hybridized carbons (Fsp3) is 0.267. The maximum atomic E-state index is 5.94. The minimum absolute atomic E-state index is 0. The Hall–Kier alpha value is -1.73. The van der Waals surface area contributed by atoms with Gasteiger partial charge >= 0.3 is 5.13 Å². The standard InChI is InChI=1S/C15H17N5S.BrH/c1-15(2,3)11-8-21-14(17-11)20-19-13-10-7-5-4-6-9(10)12(16)18-13;/h4-8,18H,16H2,1-3H3;1H/b20-19+;. The van der Waals surface area contributed by atoms with Crippen LogP contribution in [0.3, 0.4) is 0 Å². The topological polar surface area (TPSA) is 80.7 Å². The van der Waals surface area contributed by atoms with Gasteiger partial charge in [-0.1, -0.05) is 45.0 Å². The highest BCUT2D eigenvalue weighted by molar-refractivity contribution is 7.12. The molecule has 2 heterocycles. The van der Waals surface area contributed by atoms with Gasteiger partial charge in [-0.05, 0) is 16.5 Å². The van der Waals surface area contributed by atoms with Crippen LogP contribution < -0.4 is 27.7 Å². The molecule has 22 heavy (non-hydrogen) atoms. The number of nitrogens with one attached hydrogen (secondary N) is 2. The summed E-state index contributed by atoms with van der Waals surface area (Å²) in [6.07, 6.45) is 0. The van der Waals surface area contributed by atoms with Crippen LogP contribution in [-0.4, -0.2) is 4.98 Å². The molecule has 0 bridgehead atoms. The van der Waals surface area contributed by atoms with Crippen LogP contribution in [0.15, 0.2) is 39.9 Å². The molecule has 2 aromatic heterocycles. The lowest BCUT2D eigenvalue weighted by Crippen LogP contribution is -3.00. The van der Waals surface area contributed by atoms with E-state index in [4.69, 9.17) is 5.73 Å². The molecule has 0 saturated heterocycles. The highest BCUT2D eigenvalue weighted by Gasteiger charge is 2.21. The van der Waals surface area contributed by atoms with E-state index in [0.717, 1.165) is 21.6 Å². The number of nitrogens with zero attached hydrogens (tertiary/aromatic N) is 2. The van der Waals surface area contributed by atoms with Gasteiger partial charge in [0.15, 0.2) is 5.82 Å². The van der Waals surface area contributed by atoms with Gasteiger partial charge in [-0.2, -0.15) is 0 Å². The van der Waals surface area contributed by atoms with E-state index in [0.29, 0.717) is 11.6 Å². The zero-order valence-electron chi connectivity index (χ0n) is 12.6. The summed E-state index contributed by atoms with van der Waals surface area (Å²) in [6, 6.07) is 7.87. The number of nitrogen functional groups attached to an aromatic ring is 1. The third-order valence-corrected chi connectivity index (χ3v) is 4.06. The van der Waals surface area contributed by atoms with Crippen LogP contribution in [0.2, 0.25) is 0 Å². The number of aromatic amines is 2. The molecule has 0 saturated carbocycles. The van der Waals surface area contributed by atoms with Gasteiger partial charge in [0.1, 0.15) is 11.5 Å². The van der Waals surface area contributed by atoms with E-state index in [9.17, 15) is 0 Å². The normalized spacial score (nSPS) is 12.0. The molecular formula is C15H18BrN5S. The lowest BCUT2D eigenvalue weighted by atomic mass is 9.93. The average molecular weight is 380 g/mol. The summed E-state index contributed by atoms with van der Waals surface area (Å²) in [6.45, 7) is 6.48. The summed E-state index contributed by atoms with van der Waals surface area (Å²) < 4.78 is 0. The number of benzene rings is 1. The second kappa shape index (κ2) is 6.18. The Kier molecular flexibility index (Phi) is 4.67. The molecule has 0 unspecified atom stereocenters. The summed E-state index contributed by atoms with van der Waals surface area (Å²) >= 11 is 1.55. The molecule has 116 valence electrons. The van der Waals surface area contributed by atoms with Gasteiger partial charge in [0.25, 0.3) is 0 Å². The molecule has 0 aliphatic heterocycles. The summed E-state index contributed by atoms with van der Waals surface area (Å²) in [5.74, 6) is 1.30. The number of aromatic nitrogens is 2. The van der Waals surface area contributed by atoms with Crippen LogP contribution in [-0.2, 0) is 5.41 Å². The molecule has 0 aliphatic carbocycles. The van der Waals surface area contributed by atoms with Gasteiger partial charge < -0.3 is 27.7 Å². The molecule has 4 N–H and O–H groups in total. The van der Waals surface area contributed by atoms with Crippen LogP contribution in [0.25, 0.3) is 10.8 Å². The van der Waals surface area contributed by atoms with E-state index in [-0.39, 0.29) is 22.4 Å². The van der Waals surface area contributed by atoms with Crippen molar-refractivity contribution in [1.29, 1.82) is 0 Å². The van der Waals surface area contributed by atoms with Crippen molar-refractivity contribution in [3.05, 3.63) is 35.3 Å². The van der Waals surface area contributed by atoms with E-state index >= 15 is 0 Å². The third kappa shape index (κ3) is 3.20. The highest BCUT2D eigenvalue weighted by atomic mass is 79.9. The first kappa shape index (κ1) is 16.6. The predicted octanol–water partition coefficient (Wildman–Crippen LogP) is 1.34. The second-order valence-electron chi connectivity index (χ2n) is 5.96. The third-order valence-electron chi connectivity index (χ3n) is 3.30. The molecule has 1 aromatic carbocycles. The van der Waals surface area contributed by atoms with Gasteiger partial charge in [-0.3, -0.25) is 0 Å². The lowest BCUT2D eigenvalue weighted by Gasteiger charge is -2.11. The smallest absolute Gasteiger partial charge is 0.406 e. The Morgan fingerprint density at radius 3 is 2.45 bits per heavy atom. The number of rotatable bonds is 2. The molecule has 0 spiro atoms. The van der Waals surface area contributed by atoms with E-state index in [1.54, 1.807) is 11.3 Å². The van der Waals surface area contributed by atoms with Crippen molar-refractivity contribution in [3.63, 3.8) is 0 Å². The molecule has 0 amide bonds. The Labute approximate surface area is 143 Å². The van der Waals surface area contributed by atoms with Crippen molar-refractivity contribution in [2.24, 2.45) is 10.2 Å². The number of halogens is 1. The van der Waals surface area contributed by atoms with Crippen molar-refractivity contribution in [2.75, 3.05) is 5.73 Å². The van der Waals surface area contributed by atoms with Crippen molar-refractivity contribution >= 4 is 38.9 Å². The van der Waals surface area contributed by atoms with Crippen molar-refractivity contribution in [3.8, 4) is 0 Å². The summed E-state index contributed by atoms with van der Waals surface area (Å²) in [5, 5.41) is 13.4. The second-order valence-corrected chi connectivity index (χ2v) is 6.82. The predicted molar refractivity (Wildman–Crippen MR) is 86.5 cm³/mol. The zero-order chi connectivity index (χ0) is 15.0. The van der Waals surface area contributed by atoms with E-state index in [1.807, 2.05) is 24.3 Å². The van der Waals surface area contributed by atoms with Gasteiger partial charge in [0.2, 0.25) is 0 Å². The Morgan fingerprint density at radius 1 is 1.14 bits per heavy atom. The van der Waals surface area contributed by atoms with Crippen LogP contribution in [0.4, 0.5) is 16.8 Å². The van der Waals surface area contributed by atoms with E-state index in [1.165, 1.54) is 0 Å². The molecule has 0 fully saturated rings. The molecular weight excluding hydrogens is 362 g/mol. The first-order valence-corrected chi connectivity index (χ1v) is 7.62. The Bertz CT molecular complexity index is 813. The van der Waals surface area contributed by atoms with E-state index < -0.39 is 0 Å². The highest BCUT2D eigenvalue weighted by Crippen LogP contribution is 2.31. The van der Waals surface area contributed by atoms with E-state index in [2.05, 4.69) is 46.3 Å². The maximum absolute atomic E-state index is 5.94. The molecule has 0 aliphatic rings. The maximum Gasteiger partial charge on any atom is 0.406 e.